The average molecular weight is 317 g/mol. The van der Waals surface area contributed by atoms with E-state index < -0.39 is 17.7 Å². The van der Waals surface area contributed by atoms with E-state index in [4.69, 9.17) is 14.6 Å². The fourth-order valence-electron chi connectivity index (χ4n) is 2.15. The number of carbonyl (C=O) groups is 2. The van der Waals surface area contributed by atoms with Crippen LogP contribution in [-0.4, -0.2) is 29.9 Å². The van der Waals surface area contributed by atoms with E-state index in [9.17, 15) is 9.59 Å². The lowest BCUT2D eigenvalue weighted by Crippen LogP contribution is -2.27. The number of hydrogen-bond acceptors (Lipinski definition) is 4. The van der Waals surface area contributed by atoms with Gasteiger partial charge in [0, 0.05) is 5.39 Å². The SMILES string of the molecule is COc1ccc2cc(C(=O)O)ccc2c1NC(=O)OC(C)(C)C. The molecule has 0 radical (unpaired) electrons. The van der Waals surface area contributed by atoms with E-state index in [1.54, 1.807) is 39.0 Å². The van der Waals surface area contributed by atoms with Crippen LogP contribution >= 0.6 is 0 Å². The first kappa shape index (κ1) is 16.6. The van der Waals surface area contributed by atoms with Gasteiger partial charge in [0.25, 0.3) is 0 Å². The number of carbonyl (C=O) groups excluding carboxylic acids is 1. The smallest absolute Gasteiger partial charge is 0.412 e. The Bertz CT molecular complexity index is 761. The van der Waals surface area contributed by atoms with Crippen LogP contribution in [0.5, 0.6) is 5.75 Å². The fourth-order valence-corrected chi connectivity index (χ4v) is 2.15. The molecule has 122 valence electrons. The van der Waals surface area contributed by atoms with Crippen LogP contribution in [0.1, 0.15) is 31.1 Å². The molecule has 0 aromatic heterocycles. The Balaban J connectivity index is 2.47. The molecule has 0 spiro atoms. The molecule has 2 N–H and O–H groups in total. The Hall–Kier alpha value is -2.76. The van der Waals surface area contributed by atoms with Crippen LogP contribution in [0.4, 0.5) is 10.5 Å². The van der Waals surface area contributed by atoms with Gasteiger partial charge in [-0.15, -0.1) is 0 Å². The number of ether oxygens (including phenoxy) is 2. The summed E-state index contributed by atoms with van der Waals surface area (Å²) in [6.45, 7) is 5.31. The molecule has 0 aliphatic carbocycles. The van der Waals surface area contributed by atoms with Crippen LogP contribution in [0.15, 0.2) is 30.3 Å². The largest absolute Gasteiger partial charge is 0.495 e. The van der Waals surface area contributed by atoms with Crippen molar-refractivity contribution in [3.05, 3.63) is 35.9 Å². The van der Waals surface area contributed by atoms with Gasteiger partial charge in [0.05, 0.1) is 18.4 Å². The zero-order valence-corrected chi connectivity index (χ0v) is 13.5. The predicted octanol–water partition coefficient (Wildman–Crippen LogP) is 3.89. The van der Waals surface area contributed by atoms with E-state index in [0.717, 1.165) is 0 Å². The van der Waals surface area contributed by atoms with Gasteiger partial charge in [-0.2, -0.15) is 0 Å². The third-order valence-corrected chi connectivity index (χ3v) is 3.07. The first-order chi connectivity index (χ1) is 10.7. The molecule has 0 aliphatic rings. The van der Waals surface area contributed by atoms with Gasteiger partial charge in [-0.1, -0.05) is 12.1 Å². The number of anilines is 1. The Kier molecular flexibility index (Phi) is 4.45. The molecule has 0 saturated carbocycles. The summed E-state index contributed by atoms with van der Waals surface area (Å²) in [5.41, 5.74) is -0.0136. The Labute approximate surface area is 134 Å². The van der Waals surface area contributed by atoms with Gasteiger partial charge in [-0.25, -0.2) is 9.59 Å². The first-order valence-corrected chi connectivity index (χ1v) is 7.05. The van der Waals surface area contributed by atoms with Gasteiger partial charge in [-0.05, 0) is 44.4 Å². The summed E-state index contributed by atoms with van der Waals surface area (Å²) in [4.78, 5) is 23.1. The van der Waals surface area contributed by atoms with Crippen LogP contribution in [0.3, 0.4) is 0 Å². The third-order valence-electron chi connectivity index (χ3n) is 3.07. The summed E-state index contributed by atoms with van der Waals surface area (Å²) >= 11 is 0. The average Bonchev–Trinajstić information content (AvgIpc) is 2.44. The Morgan fingerprint density at radius 2 is 1.83 bits per heavy atom. The molecule has 0 unspecified atom stereocenters. The van der Waals surface area contributed by atoms with E-state index in [2.05, 4.69) is 5.32 Å². The zero-order chi connectivity index (χ0) is 17.2. The maximum absolute atomic E-state index is 12.0. The van der Waals surface area contributed by atoms with Crippen molar-refractivity contribution in [2.75, 3.05) is 12.4 Å². The Morgan fingerprint density at radius 3 is 2.39 bits per heavy atom. The van der Waals surface area contributed by atoms with E-state index >= 15 is 0 Å². The predicted molar refractivity (Wildman–Crippen MR) is 87.3 cm³/mol. The van der Waals surface area contributed by atoms with Gasteiger partial charge in [-0.3, -0.25) is 5.32 Å². The summed E-state index contributed by atoms with van der Waals surface area (Å²) in [5.74, 6) is -0.546. The number of carboxylic acids is 1. The number of nitrogens with one attached hydrogen (secondary N) is 1. The minimum Gasteiger partial charge on any atom is -0.495 e. The maximum atomic E-state index is 12.0. The van der Waals surface area contributed by atoms with Crippen LogP contribution in [0, 0.1) is 0 Å². The summed E-state index contributed by atoms with van der Waals surface area (Å²) in [6.07, 6.45) is -0.606. The highest BCUT2D eigenvalue weighted by atomic mass is 16.6. The lowest BCUT2D eigenvalue weighted by molar-refractivity contribution is 0.0633. The maximum Gasteiger partial charge on any atom is 0.412 e. The van der Waals surface area contributed by atoms with Crippen molar-refractivity contribution in [1.82, 2.24) is 0 Å². The molecule has 0 aliphatic heterocycles. The molecule has 1 amide bonds. The molecule has 2 rings (SSSR count). The highest BCUT2D eigenvalue weighted by Crippen LogP contribution is 2.34. The summed E-state index contributed by atoms with van der Waals surface area (Å²) in [5, 5.41) is 13.1. The zero-order valence-electron chi connectivity index (χ0n) is 13.5. The van der Waals surface area contributed by atoms with Gasteiger partial charge in [0.15, 0.2) is 0 Å². The normalized spacial score (nSPS) is 11.1. The molecule has 6 heteroatoms. The summed E-state index contributed by atoms with van der Waals surface area (Å²) in [6, 6.07) is 8.05. The standard InChI is InChI=1S/C17H19NO5/c1-17(2,3)23-16(21)18-14-12-7-5-11(15(19)20)9-10(12)6-8-13(14)22-4/h5-9H,1-4H3,(H,18,21)(H,19,20). The number of methoxy groups -OCH3 is 1. The second-order valence-electron chi connectivity index (χ2n) is 6.01. The van der Waals surface area contributed by atoms with Gasteiger partial charge in [0.2, 0.25) is 0 Å². The van der Waals surface area contributed by atoms with Crippen molar-refractivity contribution in [2.45, 2.75) is 26.4 Å². The van der Waals surface area contributed by atoms with Gasteiger partial charge >= 0.3 is 12.1 Å². The minimum absolute atomic E-state index is 0.172. The van der Waals surface area contributed by atoms with Crippen LogP contribution in [-0.2, 0) is 4.74 Å². The molecule has 0 atom stereocenters. The second kappa shape index (κ2) is 6.16. The number of aromatic carboxylic acids is 1. The van der Waals surface area contributed by atoms with Crippen LogP contribution in [0.25, 0.3) is 10.8 Å². The van der Waals surface area contributed by atoms with Gasteiger partial charge in [0.1, 0.15) is 11.4 Å². The van der Waals surface area contributed by atoms with E-state index in [0.29, 0.717) is 22.2 Å². The van der Waals surface area contributed by atoms with E-state index in [1.807, 2.05) is 0 Å². The van der Waals surface area contributed by atoms with Crippen molar-refractivity contribution in [1.29, 1.82) is 0 Å². The third kappa shape index (κ3) is 3.91. The highest BCUT2D eigenvalue weighted by Gasteiger charge is 2.19. The molecule has 0 heterocycles. The molecule has 0 bridgehead atoms. The van der Waals surface area contributed by atoms with E-state index in [-0.39, 0.29) is 5.56 Å². The number of carboxylic acid groups (broad SMARTS) is 1. The fraction of sp³-hybridized carbons (Fsp3) is 0.294. The van der Waals surface area contributed by atoms with Gasteiger partial charge < -0.3 is 14.6 Å². The van der Waals surface area contributed by atoms with Crippen molar-refractivity contribution in [3.8, 4) is 5.75 Å². The first-order valence-electron chi connectivity index (χ1n) is 7.05. The minimum atomic E-state index is -1.01. The second-order valence-corrected chi connectivity index (χ2v) is 6.01. The van der Waals surface area contributed by atoms with Crippen LogP contribution in [0.2, 0.25) is 0 Å². The molecular weight excluding hydrogens is 298 g/mol. The summed E-state index contributed by atoms with van der Waals surface area (Å²) < 4.78 is 10.5. The van der Waals surface area contributed by atoms with Crippen molar-refractivity contribution in [2.24, 2.45) is 0 Å². The number of benzene rings is 2. The number of rotatable bonds is 3. The molecule has 23 heavy (non-hydrogen) atoms. The molecule has 2 aromatic carbocycles. The van der Waals surface area contributed by atoms with Crippen molar-refractivity contribution >= 4 is 28.5 Å². The monoisotopic (exact) mass is 317 g/mol. The van der Waals surface area contributed by atoms with Crippen LogP contribution < -0.4 is 10.1 Å². The lowest BCUT2D eigenvalue weighted by atomic mass is 10.0. The number of hydrogen-bond donors (Lipinski definition) is 2. The molecule has 0 fully saturated rings. The lowest BCUT2D eigenvalue weighted by Gasteiger charge is -2.21. The van der Waals surface area contributed by atoms with Crippen molar-refractivity contribution < 1.29 is 24.2 Å². The quantitative estimate of drug-likeness (QED) is 0.897. The number of amides is 1. The molecular formula is C17H19NO5. The van der Waals surface area contributed by atoms with E-state index in [1.165, 1.54) is 19.2 Å². The number of fused-ring (bicyclic) bond motifs is 1. The highest BCUT2D eigenvalue weighted by molar-refractivity contribution is 6.05. The molecule has 2 aromatic rings. The Morgan fingerprint density at radius 1 is 1.13 bits per heavy atom. The molecule has 6 nitrogen and oxygen atoms in total. The summed E-state index contributed by atoms with van der Waals surface area (Å²) in [7, 11) is 1.49. The van der Waals surface area contributed by atoms with Crippen molar-refractivity contribution in [3.63, 3.8) is 0 Å². The topological polar surface area (TPSA) is 84.9 Å². The molecule has 0 saturated heterocycles.